The van der Waals surface area contributed by atoms with Gasteiger partial charge in [-0.1, -0.05) is 19.0 Å². The normalized spacial score (nSPS) is 11.6. The molecule has 0 aliphatic carbocycles. The van der Waals surface area contributed by atoms with Crippen LogP contribution in [0, 0.1) is 5.92 Å². The highest BCUT2D eigenvalue weighted by atomic mass is 16.5. The third kappa shape index (κ3) is 4.72. The summed E-state index contributed by atoms with van der Waals surface area (Å²) in [6.07, 6.45) is 0.879. The Morgan fingerprint density at radius 1 is 1.44 bits per heavy atom. The third-order valence-corrected chi connectivity index (χ3v) is 2.25. The van der Waals surface area contributed by atoms with Crippen molar-refractivity contribution >= 4 is 0 Å². The summed E-state index contributed by atoms with van der Waals surface area (Å²) < 4.78 is 5.19. The second-order valence-corrected chi connectivity index (χ2v) is 4.54. The second-order valence-electron chi connectivity index (χ2n) is 4.54. The fourth-order valence-corrected chi connectivity index (χ4v) is 1.42. The molecule has 0 saturated heterocycles. The number of nitrogens with zero attached hydrogens (tertiary/aromatic N) is 3. The van der Waals surface area contributed by atoms with Gasteiger partial charge >= 0.3 is 0 Å². The van der Waals surface area contributed by atoms with Gasteiger partial charge < -0.3 is 9.84 Å². The van der Waals surface area contributed by atoms with Crippen molar-refractivity contribution < 1.29 is 4.52 Å². The van der Waals surface area contributed by atoms with Crippen molar-refractivity contribution in [3.05, 3.63) is 11.7 Å². The van der Waals surface area contributed by atoms with E-state index in [0.717, 1.165) is 25.3 Å². The number of likely N-dealkylation sites (N-methyl/N-ethyl adjacent to an activating group) is 2. The van der Waals surface area contributed by atoms with Crippen molar-refractivity contribution in [1.82, 2.24) is 20.4 Å². The molecule has 0 aliphatic rings. The minimum absolute atomic E-state index is 0.562. The number of hydrogen-bond acceptors (Lipinski definition) is 5. The van der Waals surface area contributed by atoms with Crippen molar-refractivity contribution in [2.45, 2.75) is 26.8 Å². The first-order chi connectivity index (χ1) is 7.61. The van der Waals surface area contributed by atoms with Gasteiger partial charge in [-0.2, -0.15) is 4.98 Å². The van der Waals surface area contributed by atoms with Crippen molar-refractivity contribution in [2.75, 3.05) is 27.2 Å². The maximum absolute atomic E-state index is 5.19. The lowest BCUT2D eigenvalue weighted by Gasteiger charge is -2.12. The smallest absolute Gasteiger partial charge is 0.240 e. The van der Waals surface area contributed by atoms with Gasteiger partial charge in [0.15, 0.2) is 5.82 Å². The molecule has 1 heterocycles. The first-order valence-electron chi connectivity index (χ1n) is 5.76. The summed E-state index contributed by atoms with van der Waals surface area (Å²) in [4.78, 5) is 6.51. The van der Waals surface area contributed by atoms with E-state index in [2.05, 4.69) is 34.2 Å². The van der Waals surface area contributed by atoms with Crippen LogP contribution in [0.1, 0.15) is 25.6 Å². The molecule has 0 saturated carbocycles. The molecule has 0 unspecified atom stereocenters. The Labute approximate surface area is 97.2 Å². The Morgan fingerprint density at radius 3 is 2.81 bits per heavy atom. The van der Waals surface area contributed by atoms with Crippen LogP contribution in [0.3, 0.4) is 0 Å². The predicted molar refractivity (Wildman–Crippen MR) is 63.1 cm³/mol. The predicted octanol–water partition coefficient (Wildman–Crippen LogP) is 0.919. The molecule has 0 fully saturated rings. The highest BCUT2D eigenvalue weighted by molar-refractivity contribution is 4.87. The minimum Gasteiger partial charge on any atom is -0.338 e. The van der Waals surface area contributed by atoms with Gasteiger partial charge in [0, 0.05) is 19.5 Å². The molecular weight excluding hydrogens is 204 g/mol. The van der Waals surface area contributed by atoms with E-state index in [4.69, 9.17) is 4.52 Å². The maximum Gasteiger partial charge on any atom is 0.240 e. The Hall–Kier alpha value is -0.940. The average Bonchev–Trinajstić information content (AvgIpc) is 2.61. The largest absolute Gasteiger partial charge is 0.338 e. The average molecular weight is 226 g/mol. The SMILES string of the molecule is CNCCN(C)Cc1nc(CC(C)C)no1. The van der Waals surface area contributed by atoms with E-state index in [-0.39, 0.29) is 0 Å². The summed E-state index contributed by atoms with van der Waals surface area (Å²) >= 11 is 0. The molecule has 1 rings (SSSR count). The van der Waals surface area contributed by atoms with Crippen molar-refractivity contribution in [3.63, 3.8) is 0 Å². The molecule has 0 spiro atoms. The zero-order chi connectivity index (χ0) is 12.0. The van der Waals surface area contributed by atoms with Gasteiger partial charge in [-0.3, -0.25) is 4.90 Å². The fraction of sp³-hybridized carbons (Fsp3) is 0.818. The summed E-state index contributed by atoms with van der Waals surface area (Å²) in [6.45, 7) is 6.94. The van der Waals surface area contributed by atoms with Crippen LogP contribution in [0.4, 0.5) is 0 Å². The molecule has 92 valence electrons. The molecule has 0 bridgehead atoms. The molecule has 1 aromatic rings. The minimum atomic E-state index is 0.562. The van der Waals surface area contributed by atoms with E-state index in [9.17, 15) is 0 Å². The van der Waals surface area contributed by atoms with Crippen LogP contribution >= 0.6 is 0 Å². The first-order valence-corrected chi connectivity index (χ1v) is 5.76. The summed E-state index contributed by atoms with van der Waals surface area (Å²) in [6, 6.07) is 0. The molecule has 16 heavy (non-hydrogen) atoms. The number of hydrogen-bond donors (Lipinski definition) is 1. The summed E-state index contributed by atoms with van der Waals surface area (Å²) in [7, 11) is 3.99. The lowest BCUT2D eigenvalue weighted by Crippen LogP contribution is -2.27. The Balaban J connectivity index is 2.39. The van der Waals surface area contributed by atoms with E-state index < -0.39 is 0 Å². The van der Waals surface area contributed by atoms with Crippen molar-refractivity contribution in [1.29, 1.82) is 0 Å². The fourth-order valence-electron chi connectivity index (χ4n) is 1.42. The van der Waals surface area contributed by atoms with Crippen LogP contribution in [0.15, 0.2) is 4.52 Å². The maximum atomic E-state index is 5.19. The van der Waals surface area contributed by atoms with E-state index in [1.807, 2.05) is 14.1 Å². The number of aromatic nitrogens is 2. The highest BCUT2D eigenvalue weighted by Crippen LogP contribution is 2.05. The van der Waals surface area contributed by atoms with Crippen LogP contribution in [0.5, 0.6) is 0 Å². The van der Waals surface area contributed by atoms with Gasteiger partial charge in [0.2, 0.25) is 5.89 Å². The molecule has 0 radical (unpaired) electrons. The van der Waals surface area contributed by atoms with Crippen LogP contribution in [-0.2, 0) is 13.0 Å². The number of nitrogens with one attached hydrogen (secondary N) is 1. The molecule has 1 aromatic heterocycles. The lowest BCUT2D eigenvalue weighted by molar-refractivity contribution is 0.267. The Bertz CT molecular complexity index is 298. The molecule has 0 aliphatic heterocycles. The monoisotopic (exact) mass is 226 g/mol. The zero-order valence-corrected chi connectivity index (χ0v) is 10.7. The summed E-state index contributed by atoms with van der Waals surface area (Å²) in [5, 5.41) is 7.07. The quantitative estimate of drug-likeness (QED) is 0.749. The lowest BCUT2D eigenvalue weighted by atomic mass is 10.1. The molecule has 5 heteroatoms. The first kappa shape index (κ1) is 13.1. The zero-order valence-electron chi connectivity index (χ0n) is 10.7. The second kappa shape index (κ2) is 6.60. The van der Waals surface area contributed by atoms with Gasteiger partial charge in [-0.25, -0.2) is 0 Å². The standard InChI is InChI=1S/C11H22N4O/c1-9(2)7-10-13-11(16-14-10)8-15(4)6-5-12-3/h9,12H,5-8H2,1-4H3. The van der Waals surface area contributed by atoms with Crippen LogP contribution < -0.4 is 5.32 Å². The van der Waals surface area contributed by atoms with Gasteiger partial charge in [-0.15, -0.1) is 0 Å². The van der Waals surface area contributed by atoms with Gasteiger partial charge in [0.1, 0.15) is 0 Å². The Kier molecular flexibility index (Phi) is 5.42. The molecule has 0 amide bonds. The topological polar surface area (TPSA) is 54.2 Å². The highest BCUT2D eigenvalue weighted by Gasteiger charge is 2.09. The van der Waals surface area contributed by atoms with Crippen molar-refractivity contribution in [2.24, 2.45) is 5.92 Å². The van der Waals surface area contributed by atoms with E-state index >= 15 is 0 Å². The van der Waals surface area contributed by atoms with Gasteiger partial charge in [0.25, 0.3) is 0 Å². The summed E-state index contributed by atoms with van der Waals surface area (Å²) in [5.41, 5.74) is 0. The molecule has 0 atom stereocenters. The molecular formula is C11H22N4O. The van der Waals surface area contributed by atoms with Gasteiger partial charge in [0.05, 0.1) is 6.54 Å². The van der Waals surface area contributed by atoms with E-state index in [1.54, 1.807) is 0 Å². The van der Waals surface area contributed by atoms with Crippen LogP contribution in [0.25, 0.3) is 0 Å². The third-order valence-electron chi connectivity index (χ3n) is 2.25. The summed E-state index contributed by atoms with van der Waals surface area (Å²) in [5.74, 6) is 2.08. The van der Waals surface area contributed by atoms with E-state index in [1.165, 1.54) is 0 Å². The van der Waals surface area contributed by atoms with E-state index in [0.29, 0.717) is 18.4 Å². The molecule has 5 nitrogen and oxygen atoms in total. The molecule has 0 aromatic carbocycles. The van der Waals surface area contributed by atoms with Crippen LogP contribution in [-0.4, -0.2) is 42.2 Å². The molecule has 1 N–H and O–H groups in total. The van der Waals surface area contributed by atoms with Gasteiger partial charge in [-0.05, 0) is 20.0 Å². The Morgan fingerprint density at radius 2 is 2.19 bits per heavy atom. The number of rotatable bonds is 7. The van der Waals surface area contributed by atoms with Crippen LogP contribution in [0.2, 0.25) is 0 Å². The van der Waals surface area contributed by atoms with Crippen molar-refractivity contribution in [3.8, 4) is 0 Å².